The molecule has 0 rings (SSSR count). The van der Waals surface area contributed by atoms with Crippen molar-refractivity contribution >= 4 is 18.6 Å². The monoisotopic (exact) mass is 234 g/mol. The van der Waals surface area contributed by atoms with Gasteiger partial charge >= 0.3 is 5.97 Å². The van der Waals surface area contributed by atoms with E-state index in [1.54, 1.807) is 0 Å². The maximum absolute atomic E-state index is 11.1. The highest BCUT2D eigenvalue weighted by Gasteiger charge is 2.01. The quantitative estimate of drug-likeness (QED) is 0.358. The third-order valence-electron chi connectivity index (χ3n) is 1.94. The van der Waals surface area contributed by atoms with Gasteiger partial charge in [0.15, 0.2) is 0 Å². The highest BCUT2D eigenvalue weighted by molar-refractivity contribution is 7.80. The van der Waals surface area contributed by atoms with Crippen LogP contribution in [0.5, 0.6) is 0 Å². The van der Waals surface area contributed by atoms with Gasteiger partial charge < -0.3 is 9.47 Å². The van der Waals surface area contributed by atoms with Crippen LogP contribution >= 0.6 is 12.6 Å². The van der Waals surface area contributed by atoms with Crippen LogP contribution in [0.3, 0.4) is 0 Å². The van der Waals surface area contributed by atoms with Crippen LogP contribution < -0.4 is 0 Å². The van der Waals surface area contributed by atoms with E-state index in [0.29, 0.717) is 13.0 Å². The summed E-state index contributed by atoms with van der Waals surface area (Å²) in [7, 11) is 0. The van der Waals surface area contributed by atoms with Gasteiger partial charge in [0.05, 0.1) is 6.61 Å². The lowest BCUT2D eigenvalue weighted by Gasteiger charge is -2.04. The summed E-state index contributed by atoms with van der Waals surface area (Å²) in [6.45, 7) is 4.01. The number of hydrogen-bond donors (Lipinski definition) is 1. The predicted octanol–water partition coefficient (Wildman–Crippen LogP) is 2.45. The Balaban J connectivity index is 3.10. The molecule has 0 radical (unpaired) electrons. The molecule has 0 aliphatic heterocycles. The Bertz CT molecular complexity index is 151. The van der Waals surface area contributed by atoms with Crippen molar-refractivity contribution in [2.45, 2.75) is 39.0 Å². The second-order valence-electron chi connectivity index (χ2n) is 3.31. The number of carbonyl (C=O) groups excluding carboxylic acids is 1. The first-order chi connectivity index (χ1) is 7.31. The maximum Gasteiger partial charge on any atom is 0.305 e. The number of rotatable bonds is 10. The van der Waals surface area contributed by atoms with Gasteiger partial charge in [-0.05, 0) is 38.4 Å². The maximum atomic E-state index is 11.1. The lowest BCUT2D eigenvalue weighted by Crippen LogP contribution is -2.06. The van der Waals surface area contributed by atoms with Gasteiger partial charge in [-0.15, -0.1) is 0 Å². The van der Waals surface area contributed by atoms with Crippen LogP contribution in [-0.2, 0) is 14.3 Å². The topological polar surface area (TPSA) is 35.5 Å². The summed E-state index contributed by atoms with van der Waals surface area (Å²) in [6.07, 6.45) is 4.21. The zero-order valence-corrected chi connectivity index (χ0v) is 10.4. The van der Waals surface area contributed by atoms with Gasteiger partial charge in [0, 0.05) is 19.6 Å². The molecule has 0 aliphatic carbocycles. The van der Waals surface area contributed by atoms with Crippen molar-refractivity contribution in [2.24, 2.45) is 0 Å². The van der Waals surface area contributed by atoms with Crippen LogP contribution in [0, 0.1) is 0 Å². The normalized spacial score (nSPS) is 10.3. The van der Waals surface area contributed by atoms with Crippen molar-refractivity contribution in [3.05, 3.63) is 0 Å². The molecule has 0 amide bonds. The van der Waals surface area contributed by atoms with E-state index in [1.165, 1.54) is 0 Å². The zero-order chi connectivity index (χ0) is 11.4. The van der Waals surface area contributed by atoms with E-state index in [-0.39, 0.29) is 5.97 Å². The Morgan fingerprint density at radius 3 is 2.53 bits per heavy atom. The molecular formula is C11H22O3S. The minimum atomic E-state index is -0.0896. The second kappa shape index (κ2) is 11.9. The number of thiol groups is 1. The average Bonchev–Trinajstić information content (AvgIpc) is 2.23. The third-order valence-corrected chi connectivity index (χ3v) is 2.26. The van der Waals surface area contributed by atoms with E-state index in [9.17, 15) is 4.79 Å². The summed E-state index contributed by atoms with van der Waals surface area (Å²) in [4.78, 5) is 11.1. The second-order valence-corrected chi connectivity index (χ2v) is 3.75. The molecule has 0 aromatic rings. The molecule has 0 saturated carbocycles. The van der Waals surface area contributed by atoms with E-state index >= 15 is 0 Å². The van der Waals surface area contributed by atoms with Gasteiger partial charge in [0.2, 0.25) is 0 Å². The summed E-state index contributed by atoms with van der Waals surface area (Å²) < 4.78 is 10.2. The van der Waals surface area contributed by atoms with Gasteiger partial charge in [-0.25, -0.2) is 0 Å². The first-order valence-corrected chi connectivity index (χ1v) is 6.28. The molecule has 0 unspecified atom stereocenters. The van der Waals surface area contributed by atoms with Crippen molar-refractivity contribution in [3.63, 3.8) is 0 Å². The molecule has 90 valence electrons. The van der Waals surface area contributed by atoms with Gasteiger partial charge in [-0.1, -0.05) is 0 Å². The van der Waals surface area contributed by atoms with Gasteiger partial charge in [-0.3, -0.25) is 4.79 Å². The summed E-state index contributed by atoms with van der Waals surface area (Å²) in [5, 5.41) is 0. The molecule has 0 fully saturated rings. The summed E-state index contributed by atoms with van der Waals surface area (Å²) in [5.41, 5.74) is 0. The SMILES string of the molecule is CCOCCCCOC(=O)CCCCS. The van der Waals surface area contributed by atoms with Crippen molar-refractivity contribution in [2.75, 3.05) is 25.6 Å². The number of carbonyl (C=O) groups is 1. The fourth-order valence-electron chi connectivity index (χ4n) is 1.09. The summed E-state index contributed by atoms with van der Waals surface area (Å²) in [6, 6.07) is 0. The van der Waals surface area contributed by atoms with Crippen LogP contribution in [-0.4, -0.2) is 31.5 Å². The van der Waals surface area contributed by atoms with Crippen LogP contribution in [0.4, 0.5) is 0 Å². The fourth-order valence-corrected chi connectivity index (χ4v) is 1.31. The molecule has 3 nitrogen and oxygen atoms in total. The zero-order valence-electron chi connectivity index (χ0n) is 9.54. The Morgan fingerprint density at radius 1 is 1.13 bits per heavy atom. The van der Waals surface area contributed by atoms with Crippen LogP contribution in [0.2, 0.25) is 0 Å². The van der Waals surface area contributed by atoms with Crippen LogP contribution in [0.1, 0.15) is 39.0 Å². The van der Waals surface area contributed by atoms with Crippen LogP contribution in [0.25, 0.3) is 0 Å². The van der Waals surface area contributed by atoms with Crippen molar-refractivity contribution in [1.29, 1.82) is 0 Å². The molecule has 0 N–H and O–H groups in total. The van der Waals surface area contributed by atoms with E-state index in [0.717, 1.165) is 44.6 Å². The minimum Gasteiger partial charge on any atom is -0.466 e. The Morgan fingerprint density at radius 2 is 1.87 bits per heavy atom. The first-order valence-electron chi connectivity index (χ1n) is 5.65. The highest BCUT2D eigenvalue weighted by Crippen LogP contribution is 2.00. The number of unbranched alkanes of at least 4 members (excludes halogenated alkanes) is 2. The largest absolute Gasteiger partial charge is 0.466 e. The molecule has 0 saturated heterocycles. The average molecular weight is 234 g/mol. The lowest BCUT2D eigenvalue weighted by molar-refractivity contribution is -0.143. The Labute approximate surface area is 97.9 Å². The third kappa shape index (κ3) is 11.7. The van der Waals surface area contributed by atoms with Gasteiger partial charge in [-0.2, -0.15) is 12.6 Å². The Kier molecular flexibility index (Phi) is 11.7. The van der Waals surface area contributed by atoms with E-state index < -0.39 is 0 Å². The minimum absolute atomic E-state index is 0.0896. The summed E-state index contributed by atoms with van der Waals surface area (Å²) >= 11 is 4.08. The standard InChI is InChI=1S/C11H22O3S/c1-2-13-8-4-5-9-14-11(12)7-3-6-10-15/h15H,2-10H2,1H3. The number of ether oxygens (including phenoxy) is 2. The van der Waals surface area contributed by atoms with Gasteiger partial charge in [0.1, 0.15) is 0 Å². The first kappa shape index (κ1) is 14.8. The molecule has 0 aliphatic rings. The number of hydrogen-bond acceptors (Lipinski definition) is 4. The molecule has 0 aromatic heterocycles. The molecular weight excluding hydrogens is 212 g/mol. The predicted molar refractivity (Wildman–Crippen MR) is 64.4 cm³/mol. The van der Waals surface area contributed by atoms with Crippen molar-refractivity contribution < 1.29 is 14.3 Å². The number of esters is 1. The smallest absolute Gasteiger partial charge is 0.305 e. The van der Waals surface area contributed by atoms with E-state index in [2.05, 4.69) is 12.6 Å². The van der Waals surface area contributed by atoms with Crippen molar-refractivity contribution in [3.8, 4) is 0 Å². The molecule has 0 bridgehead atoms. The molecule has 4 heteroatoms. The fraction of sp³-hybridized carbons (Fsp3) is 0.909. The molecule has 0 aromatic carbocycles. The van der Waals surface area contributed by atoms with E-state index in [1.807, 2.05) is 6.92 Å². The van der Waals surface area contributed by atoms with Crippen molar-refractivity contribution in [1.82, 2.24) is 0 Å². The Hall–Kier alpha value is -0.220. The molecule has 0 heterocycles. The molecule has 0 atom stereocenters. The highest BCUT2D eigenvalue weighted by atomic mass is 32.1. The van der Waals surface area contributed by atoms with E-state index in [4.69, 9.17) is 9.47 Å². The lowest BCUT2D eigenvalue weighted by atomic mass is 10.2. The van der Waals surface area contributed by atoms with Gasteiger partial charge in [0.25, 0.3) is 0 Å². The van der Waals surface area contributed by atoms with Crippen LogP contribution in [0.15, 0.2) is 0 Å². The summed E-state index contributed by atoms with van der Waals surface area (Å²) in [5.74, 6) is 0.745. The molecule has 0 spiro atoms. The molecule has 15 heavy (non-hydrogen) atoms.